The van der Waals surface area contributed by atoms with Gasteiger partial charge < -0.3 is 9.47 Å². The number of ether oxygens (including phenoxy) is 2. The van der Waals surface area contributed by atoms with Gasteiger partial charge in [-0.05, 0) is 36.3 Å². The van der Waals surface area contributed by atoms with Crippen LogP contribution in [0.25, 0.3) is 6.08 Å². The Kier molecular flexibility index (Phi) is 5.37. The highest BCUT2D eigenvalue weighted by atomic mass is 32.1. The molecule has 0 aliphatic carbocycles. The van der Waals surface area contributed by atoms with Gasteiger partial charge in [0.2, 0.25) is 0 Å². The topological polar surface area (TPSA) is 69.9 Å². The number of thiazole rings is 1. The average Bonchev–Trinajstić information content (AvgIpc) is 3.07. The molecule has 3 aromatic rings. The first-order valence-electron chi connectivity index (χ1n) is 9.33. The number of hydrogen-bond donors (Lipinski definition) is 0. The van der Waals surface area contributed by atoms with E-state index >= 15 is 0 Å². The van der Waals surface area contributed by atoms with E-state index in [0.29, 0.717) is 26.4 Å². The first kappa shape index (κ1) is 19.8. The molecule has 0 saturated heterocycles. The van der Waals surface area contributed by atoms with Crippen molar-refractivity contribution in [1.29, 1.82) is 0 Å². The predicted molar refractivity (Wildman–Crippen MR) is 115 cm³/mol. The number of benzene rings is 2. The number of aromatic nitrogens is 1. The van der Waals surface area contributed by atoms with Crippen LogP contribution < -0.4 is 19.6 Å². The molecule has 6 nitrogen and oxygen atoms in total. The minimum atomic E-state index is -0.627. The largest absolute Gasteiger partial charge is 0.497 e. The fraction of sp³-hybridized carbons (Fsp3) is 0.174. The third-order valence-corrected chi connectivity index (χ3v) is 5.94. The van der Waals surface area contributed by atoms with Gasteiger partial charge in [-0.2, -0.15) is 0 Å². The van der Waals surface area contributed by atoms with Crippen molar-refractivity contribution in [2.45, 2.75) is 13.0 Å². The number of carbonyl (C=O) groups is 1. The van der Waals surface area contributed by atoms with Crippen molar-refractivity contribution >= 4 is 23.4 Å². The lowest BCUT2D eigenvalue weighted by Gasteiger charge is -2.24. The van der Waals surface area contributed by atoms with Crippen molar-refractivity contribution in [3.8, 4) is 5.75 Å². The van der Waals surface area contributed by atoms with Crippen LogP contribution in [0.5, 0.6) is 5.75 Å². The maximum Gasteiger partial charge on any atom is 0.338 e. The van der Waals surface area contributed by atoms with E-state index in [9.17, 15) is 9.59 Å². The van der Waals surface area contributed by atoms with Gasteiger partial charge in [-0.25, -0.2) is 9.79 Å². The molecule has 2 aromatic carbocycles. The van der Waals surface area contributed by atoms with Gasteiger partial charge in [-0.3, -0.25) is 9.36 Å². The number of fused-ring (bicyclic) bond motifs is 1. The Balaban J connectivity index is 1.96. The van der Waals surface area contributed by atoms with Gasteiger partial charge in [0.15, 0.2) is 4.80 Å². The van der Waals surface area contributed by atoms with Crippen molar-refractivity contribution < 1.29 is 14.3 Å². The second-order valence-corrected chi connectivity index (χ2v) is 7.77. The zero-order valence-electron chi connectivity index (χ0n) is 16.8. The highest BCUT2D eigenvalue weighted by Gasteiger charge is 2.33. The van der Waals surface area contributed by atoms with Gasteiger partial charge in [-0.15, -0.1) is 0 Å². The number of hydrogen-bond acceptors (Lipinski definition) is 6. The molecular weight excluding hydrogens is 400 g/mol. The first-order chi connectivity index (χ1) is 14.5. The smallest absolute Gasteiger partial charge is 0.338 e. The lowest BCUT2D eigenvalue weighted by Crippen LogP contribution is -2.39. The van der Waals surface area contributed by atoms with Crippen molar-refractivity contribution in [2.24, 2.45) is 4.99 Å². The molecule has 2 heterocycles. The Labute approximate surface area is 177 Å². The Morgan fingerprint density at radius 2 is 1.80 bits per heavy atom. The van der Waals surface area contributed by atoms with Crippen LogP contribution in [0, 0.1) is 0 Å². The molecule has 4 rings (SSSR count). The molecule has 1 atom stereocenters. The van der Waals surface area contributed by atoms with E-state index in [1.165, 1.54) is 18.4 Å². The van der Waals surface area contributed by atoms with Gasteiger partial charge >= 0.3 is 5.97 Å². The average molecular weight is 420 g/mol. The zero-order chi connectivity index (χ0) is 21.3. The highest BCUT2D eigenvalue weighted by Crippen LogP contribution is 2.31. The molecule has 152 valence electrons. The maximum atomic E-state index is 13.4. The summed E-state index contributed by atoms with van der Waals surface area (Å²) in [6, 6.07) is 16.3. The third-order valence-electron chi connectivity index (χ3n) is 4.96. The summed E-state index contributed by atoms with van der Waals surface area (Å²) in [6.07, 6.45) is 1.84. The minimum absolute atomic E-state index is 0.197. The summed E-state index contributed by atoms with van der Waals surface area (Å²) >= 11 is 1.31. The molecule has 30 heavy (non-hydrogen) atoms. The van der Waals surface area contributed by atoms with Gasteiger partial charge in [-0.1, -0.05) is 53.8 Å². The summed E-state index contributed by atoms with van der Waals surface area (Å²) in [5.41, 5.74) is 2.39. The highest BCUT2D eigenvalue weighted by molar-refractivity contribution is 7.07. The number of carbonyl (C=O) groups excluding carboxylic acids is 1. The molecule has 0 N–H and O–H groups in total. The molecule has 0 fully saturated rings. The molecule has 0 unspecified atom stereocenters. The number of methoxy groups -OCH3 is 2. The monoisotopic (exact) mass is 420 g/mol. The summed E-state index contributed by atoms with van der Waals surface area (Å²) in [7, 11) is 2.92. The standard InChI is InChI=1S/C23H20N2O4S/c1-14-19(22(27)29-3)20(16-9-11-17(28-2)12-10-16)25-21(26)18(30-23(25)24-14)13-15-7-5-4-6-8-15/h4-13,20H,1-3H3/b18-13-/t20-/m1/s1. The Hall–Kier alpha value is -3.45. The van der Waals surface area contributed by atoms with Crippen LogP contribution in [0.2, 0.25) is 0 Å². The van der Waals surface area contributed by atoms with Gasteiger partial charge in [0.1, 0.15) is 5.75 Å². The van der Waals surface area contributed by atoms with Gasteiger partial charge in [0.05, 0.1) is 36.1 Å². The van der Waals surface area contributed by atoms with E-state index in [0.717, 1.165) is 11.1 Å². The molecule has 0 amide bonds. The quantitative estimate of drug-likeness (QED) is 0.608. The summed E-state index contributed by atoms with van der Waals surface area (Å²) in [4.78, 5) is 31.1. The van der Waals surface area contributed by atoms with E-state index in [1.54, 1.807) is 30.7 Å². The molecule has 0 radical (unpaired) electrons. The fourth-order valence-corrected chi connectivity index (χ4v) is 4.54. The normalized spacial score (nSPS) is 16.1. The van der Waals surface area contributed by atoms with Crippen LogP contribution in [-0.2, 0) is 9.53 Å². The Morgan fingerprint density at radius 1 is 1.10 bits per heavy atom. The van der Waals surface area contributed by atoms with Crippen LogP contribution in [0.1, 0.15) is 24.1 Å². The summed E-state index contributed by atoms with van der Waals surface area (Å²) in [5, 5.41) is 0. The lowest BCUT2D eigenvalue weighted by atomic mass is 9.96. The van der Waals surface area contributed by atoms with Crippen LogP contribution in [0.15, 0.2) is 75.7 Å². The van der Waals surface area contributed by atoms with Crippen molar-refractivity contribution in [3.63, 3.8) is 0 Å². The summed E-state index contributed by atoms with van der Waals surface area (Å²) < 4.78 is 12.4. The number of esters is 1. The van der Waals surface area contributed by atoms with Crippen LogP contribution in [0.3, 0.4) is 0 Å². The van der Waals surface area contributed by atoms with Crippen LogP contribution >= 0.6 is 11.3 Å². The molecule has 1 aromatic heterocycles. The SMILES string of the molecule is COC(=O)C1=C(C)N=c2s/c(=C\c3ccccc3)c(=O)n2[C@@H]1c1ccc(OC)cc1. The van der Waals surface area contributed by atoms with Crippen LogP contribution in [-0.4, -0.2) is 24.8 Å². The number of nitrogens with zero attached hydrogens (tertiary/aromatic N) is 2. The molecule has 7 heteroatoms. The van der Waals surface area contributed by atoms with Crippen molar-refractivity contribution in [2.75, 3.05) is 14.2 Å². The molecule has 1 aliphatic heterocycles. The number of allylic oxidation sites excluding steroid dienone is 1. The van der Waals surface area contributed by atoms with E-state index in [-0.39, 0.29) is 5.56 Å². The van der Waals surface area contributed by atoms with Crippen molar-refractivity contribution in [3.05, 3.63) is 96.7 Å². The lowest BCUT2D eigenvalue weighted by molar-refractivity contribution is -0.136. The Morgan fingerprint density at radius 3 is 2.43 bits per heavy atom. The maximum absolute atomic E-state index is 13.4. The van der Waals surface area contributed by atoms with E-state index in [1.807, 2.05) is 48.5 Å². The van der Waals surface area contributed by atoms with Crippen molar-refractivity contribution in [1.82, 2.24) is 4.57 Å². The molecule has 0 saturated carbocycles. The van der Waals surface area contributed by atoms with E-state index < -0.39 is 12.0 Å². The minimum Gasteiger partial charge on any atom is -0.497 e. The second-order valence-electron chi connectivity index (χ2n) is 6.76. The summed E-state index contributed by atoms with van der Waals surface area (Å²) in [5.74, 6) is 0.185. The van der Waals surface area contributed by atoms with Gasteiger partial charge in [0, 0.05) is 0 Å². The zero-order valence-corrected chi connectivity index (χ0v) is 17.6. The van der Waals surface area contributed by atoms with Crippen LogP contribution in [0.4, 0.5) is 0 Å². The predicted octanol–water partition coefficient (Wildman–Crippen LogP) is 2.42. The molecule has 0 bridgehead atoms. The first-order valence-corrected chi connectivity index (χ1v) is 10.1. The van der Waals surface area contributed by atoms with Gasteiger partial charge in [0.25, 0.3) is 5.56 Å². The molecular formula is C23H20N2O4S. The summed E-state index contributed by atoms with van der Waals surface area (Å²) in [6.45, 7) is 1.76. The number of rotatable bonds is 4. The molecule has 0 spiro atoms. The van der Waals surface area contributed by atoms with E-state index in [4.69, 9.17) is 9.47 Å². The second kappa shape index (κ2) is 8.12. The van der Waals surface area contributed by atoms with E-state index in [2.05, 4.69) is 4.99 Å². The fourth-order valence-electron chi connectivity index (χ4n) is 3.49. The molecule has 1 aliphatic rings. The third kappa shape index (κ3) is 3.48. The Bertz CT molecular complexity index is 1300.